The highest BCUT2D eigenvalue weighted by atomic mass is 32.2. The fourth-order valence-corrected chi connectivity index (χ4v) is 1.82. The average Bonchev–Trinajstić information content (AvgIpc) is 2.28. The Labute approximate surface area is 94.2 Å². The summed E-state index contributed by atoms with van der Waals surface area (Å²) in [6.07, 6.45) is -0.427. The smallest absolute Gasteiger partial charge is 0.411 e. The third kappa shape index (κ3) is 3.83. The van der Waals surface area contributed by atoms with Crippen molar-refractivity contribution >= 4 is 23.5 Å². The summed E-state index contributed by atoms with van der Waals surface area (Å²) >= 11 is 1.82. The molecule has 0 aliphatic rings. The third-order valence-corrected chi connectivity index (χ3v) is 2.82. The largest absolute Gasteiger partial charge is 0.453 e. The van der Waals surface area contributed by atoms with Crippen LogP contribution in [0.15, 0.2) is 24.3 Å². The number of ether oxygens (including phenoxy) is 1. The maximum absolute atomic E-state index is 11.1. The normalized spacial score (nSPS) is 9.73. The van der Waals surface area contributed by atoms with Gasteiger partial charge in [0.05, 0.1) is 7.11 Å². The standard InChI is InChI=1S/C11H15NO2S/c1-3-15-8-9-6-4-5-7-10(9)12-11(13)14-2/h4-7H,3,8H2,1-2H3,(H,12,13). The Morgan fingerprint density at radius 2 is 2.20 bits per heavy atom. The number of rotatable bonds is 4. The van der Waals surface area contributed by atoms with E-state index >= 15 is 0 Å². The van der Waals surface area contributed by atoms with Gasteiger partial charge in [-0.3, -0.25) is 5.32 Å². The highest BCUT2D eigenvalue weighted by Crippen LogP contribution is 2.20. The molecule has 0 unspecified atom stereocenters. The number of carbonyl (C=O) groups excluding carboxylic acids is 1. The Hall–Kier alpha value is -1.16. The van der Waals surface area contributed by atoms with Crippen LogP contribution < -0.4 is 5.32 Å². The van der Waals surface area contributed by atoms with Crippen molar-refractivity contribution in [3.63, 3.8) is 0 Å². The highest BCUT2D eigenvalue weighted by Gasteiger charge is 2.05. The number of amides is 1. The van der Waals surface area contributed by atoms with Crippen LogP contribution in [0.25, 0.3) is 0 Å². The molecule has 0 saturated heterocycles. The molecule has 0 radical (unpaired) electrons. The van der Waals surface area contributed by atoms with E-state index in [1.165, 1.54) is 7.11 Å². The van der Waals surface area contributed by atoms with Crippen molar-refractivity contribution in [1.82, 2.24) is 0 Å². The van der Waals surface area contributed by atoms with E-state index in [0.29, 0.717) is 0 Å². The third-order valence-electron chi connectivity index (χ3n) is 1.90. The summed E-state index contributed by atoms with van der Waals surface area (Å²) in [6, 6.07) is 7.75. The summed E-state index contributed by atoms with van der Waals surface area (Å²) in [4.78, 5) is 11.1. The van der Waals surface area contributed by atoms with E-state index in [9.17, 15) is 4.79 Å². The molecule has 1 amide bonds. The molecule has 1 N–H and O–H groups in total. The van der Waals surface area contributed by atoms with E-state index in [1.54, 1.807) is 0 Å². The Kier molecular flexibility index (Phi) is 5.04. The van der Waals surface area contributed by atoms with Crippen molar-refractivity contribution in [2.45, 2.75) is 12.7 Å². The van der Waals surface area contributed by atoms with Crippen LogP contribution in [0, 0.1) is 0 Å². The van der Waals surface area contributed by atoms with Crippen LogP contribution in [0.1, 0.15) is 12.5 Å². The Morgan fingerprint density at radius 1 is 1.47 bits per heavy atom. The summed E-state index contributed by atoms with van der Waals surface area (Å²) in [7, 11) is 1.36. The zero-order valence-corrected chi connectivity index (χ0v) is 9.76. The average molecular weight is 225 g/mol. The first-order valence-electron chi connectivity index (χ1n) is 4.78. The number of hydrogen-bond donors (Lipinski definition) is 1. The van der Waals surface area contributed by atoms with Gasteiger partial charge in [0.25, 0.3) is 0 Å². The fourth-order valence-electron chi connectivity index (χ4n) is 1.14. The number of methoxy groups -OCH3 is 1. The number of hydrogen-bond acceptors (Lipinski definition) is 3. The lowest BCUT2D eigenvalue weighted by atomic mass is 10.2. The topological polar surface area (TPSA) is 38.3 Å². The predicted octanol–water partition coefficient (Wildman–Crippen LogP) is 3.12. The predicted molar refractivity (Wildman–Crippen MR) is 64.3 cm³/mol. The van der Waals surface area contributed by atoms with E-state index in [1.807, 2.05) is 36.0 Å². The first-order valence-corrected chi connectivity index (χ1v) is 5.94. The van der Waals surface area contributed by atoms with E-state index in [0.717, 1.165) is 22.8 Å². The van der Waals surface area contributed by atoms with Crippen molar-refractivity contribution in [2.24, 2.45) is 0 Å². The van der Waals surface area contributed by atoms with Crippen molar-refractivity contribution in [1.29, 1.82) is 0 Å². The van der Waals surface area contributed by atoms with Crippen LogP contribution in [0.3, 0.4) is 0 Å². The summed E-state index contributed by atoms with van der Waals surface area (Å²) in [5.41, 5.74) is 1.94. The minimum atomic E-state index is -0.427. The van der Waals surface area contributed by atoms with Crippen molar-refractivity contribution in [3.8, 4) is 0 Å². The van der Waals surface area contributed by atoms with Crippen LogP contribution in [-0.4, -0.2) is 19.0 Å². The van der Waals surface area contributed by atoms with Gasteiger partial charge in [0.15, 0.2) is 0 Å². The van der Waals surface area contributed by atoms with Gasteiger partial charge in [-0.15, -0.1) is 0 Å². The summed E-state index contributed by atoms with van der Waals surface area (Å²) < 4.78 is 4.56. The lowest BCUT2D eigenvalue weighted by Crippen LogP contribution is -2.12. The van der Waals surface area contributed by atoms with E-state index < -0.39 is 6.09 Å². The molecule has 1 aromatic rings. The quantitative estimate of drug-likeness (QED) is 0.855. The molecule has 0 atom stereocenters. The second-order valence-electron chi connectivity index (χ2n) is 2.91. The van der Waals surface area contributed by atoms with Crippen molar-refractivity contribution in [2.75, 3.05) is 18.2 Å². The van der Waals surface area contributed by atoms with Gasteiger partial charge in [-0.05, 0) is 17.4 Å². The van der Waals surface area contributed by atoms with Gasteiger partial charge in [0.1, 0.15) is 0 Å². The number of nitrogens with one attached hydrogen (secondary N) is 1. The number of thioether (sulfide) groups is 1. The van der Waals surface area contributed by atoms with Gasteiger partial charge < -0.3 is 4.74 Å². The molecule has 3 nitrogen and oxygen atoms in total. The number of anilines is 1. The zero-order chi connectivity index (χ0) is 11.1. The van der Waals surface area contributed by atoms with Gasteiger partial charge in [0, 0.05) is 11.4 Å². The zero-order valence-electron chi connectivity index (χ0n) is 8.95. The number of benzene rings is 1. The Balaban J connectivity index is 2.72. The van der Waals surface area contributed by atoms with E-state index in [-0.39, 0.29) is 0 Å². The monoisotopic (exact) mass is 225 g/mol. The molecular weight excluding hydrogens is 210 g/mol. The molecular formula is C11H15NO2S. The minimum Gasteiger partial charge on any atom is -0.453 e. The first-order chi connectivity index (χ1) is 7.27. The molecule has 0 aliphatic heterocycles. The molecule has 1 aromatic carbocycles. The van der Waals surface area contributed by atoms with E-state index in [4.69, 9.17) is 0 Å². The number of para-hydroxylation sites is 1. The number of carbonyl (C=O) groups is 1. The van der Waals surface area contributed by atoms with Gasteiger partial charge in [-0.1, -0.05) is 25.1 Å². The second-order valence-corrected chi connectivity index (χ2v) is 4.19. The second kappa shape index (κ2) is 6.35. The van der Waals surface area contributed by atoms with Crippen LogP contribution in [0.5, 0.6) is 0 Å². The molecule has 0 spiro atoms. The molecule has 1 rings (SSSR count). The highest BCUT2D eigenvalue weighted by molar-refractivity contribution is 7.98. The van der Waals surface area contributed by atoms with Crippen molar-refractivity contribution < 1.29 is 9.53 Å². The lowest BCUT2D eigenvalue weighted by molar-refractivity contribution is 0.187. The first kappa shape index (κ1) is 11.9. The van der Waals surface area contributed by atoms with Gasteiger partial charge in [0.2, 0.25) is 0 Å². The van der Waals surface area contributed by atoms with Crippen LogP contribution in [0.4, 0.5) is 10.5 Å². The van der Waals surface area contributed by atoms with Crippen molar-refractivity contribution in [3.05, 3.63) is 29.8 Å². The van der Waals surface area contributed by atoms with Crippen LogP contribution >= 0.6 is 11.8 Å². The molecule has 0 fully saturated rings. The molecule has 0 aromatic heterocycles. The summed E-state index contributed by atoms with van der Waals surface area (Å²) in [5.74, 6) is 1.96. The molecule has 15 heavy (non-hydrogen) atoms. The SMILES string of the molecule is CCSCc1ccccc1NC(=O)OC. The van der Waals surface area contributed by atoms with Gasteiger partial charge in [-0.25, -0.2) is 4.79 Å². The molecule has 0 bridgehead atoms. The lowest BCUT2D eigenvalue weighted by Gasteiger charge is -2.09. The fraction of sp³-hybridized carbons (Fsp3) is 0.364. The Bertz CT molecular complexity index is 328. The molecule has 82 valence electrons. The minimum absolute atomic E-state index is 0.427. The van der Waals surface area contributed by atoms with E-state index in [2.05, 4.69) is 17.0 Å². The maximum atomic E-state index is 11.1. The molecule has 4 heteroatoms. The van der Waals surface area contributed by atoms with Gasteiger partial charge >= 0.3 is 6.09 Å². The molecule has 0 heterocycles. The van der Waals surface area contributed by atoms with Gasteiger partial charge in [-0.2, -0.15) is 11.8 Å². The molecule has 0 saturated carbocycles. The van der Waals surface area contributed by atoms with Crippen LogP contribution in [-0.2, 0) is 10.5 Å². The maximum Gasteiger partial charge on any atom is 0.411 e. The summed E-state index contributed by atoms with van der Waals surface area (Å²) in [6.45, 7) is 2.11. The molecule has 0 aliphatic carbocycles. The van der Waals surface area contributed by atoms with Crippen LogP contribution in [0.2, 0.25) is 0 Å². The Morgan fingerprint density at radius 3 is 2.87 bits per heavy atom. The summed E-state index contributed by atoms with van der Waals surface area (Å²) in [5, 5.41) is 2.69.